The van der Waals surface area contributed by atoms with Gasteiger partial charge in [-0.15, -0.1) is 0 Å². The van der Waals surface area contributed by atoms with Gasteiger partial charge in [0.2, 0.25) is 17.7 Å². The lowest BCUT2D eigenvalue weighted by Gasteiger charge is -2.23. The molecule has 1 aliphatic rings. The van der Waals surface area contributed by atoms with E-state index in [1.807, 2.05) is 20.8 Å². The van der Waals surface area contributed by atoms with E-state index in [4.69, 9.17) is 4.52 Å². The molecule has 1 N–H and O–H groups in total. The second-order valence-corrected chi connectivity index (χ2v) is 7.23. The number of hydrogen-bond acceptors (Lipinski definition) is 4. The molecule has 1 fully saturated rings. The van der Waals surface area contributed by atoms with E-state index in [1.54, 1.807) is 6.07 Å². The van der Waals surface area contributed by atoms with Gasteiger partial charge in [-0.05, 0) is 18.6 Å². The van der Waals surface area contributed by atoms with E-state index < -0.39 is 23.6 Å². The molecule has 1 saturated heterocycles. The molecule has 26 heavy (non-hydrogen) atoms. The van der Waals surface area contributed by atoms with Crippen molar-refractivity contribution in [2.24, 2.45) is 0 Å². The number of halogens is 2. The molecule has 1 aliphatic heterocycles. The highest BCUT2D eigenvalue weighted by molar-refractivity contribution is 6.07. The first kappa shape index (κ1) is 18.0. The molecule has 0 aliphatic carbocycles. The number of carbonyl (C=O) groups excluding carboxylic acids is 2. The Kier molecular flexibility index (Phi) is 4.52. The zero-order chi connectivity index (χ0) is 19.1. The average Bonchev–Trinajstić information content (AvgIpc) is 3.16. The van der Waals surface area contributed by atoms with Gasteiger partial charge in [0, 0.05) is 29.7 Å². The minimum Gasteiger partial charge on any atom is -0.338 e. The second-order valence-electron chi connectivity index (χ2n) is 7.23. The number of anilines is 2. The van der Waals surface area contributed by atoms with Gasteiger partial charge in [-0.1, -0.05) is 25.9 Å². The first-order valence-corrected chi connectivity index (χ1v) is 8.22. The van der Waals surface area contributed by atoms with Crippen molar-refractivity contribution < 1.29 is 22.9 Å². The number of aromatic nitrogens is 1. The monoisotopic (exact) mass is 363 g/mol. The van der Waals surface area contributed by atoms with Crippen LogP contribution in [0, 0.1) is 11.6 Å². The van der Waals surface area contributed by atoms with Crippen molar-refractivity contribution in [1.29, 1.82) is 0 Å². The van der Waals surface area contributed by atoms with Crippen LogP contribution in [0.2, 0.25) is 0 Å². The zero-order valence-electron chi connectivity index (χ0n) is 14.7. The van der Waals surface area contributed by atoms with E-state index in [2.05, 4.69) is 10.5 Å². The predicted molar refractivity (Wildman–Crippen MR) is 90.7 cm³/mol. The maximum Gasteiger partial charge on any atom is 0.249 e. The molecule has 1 aromatic carbocycles. The van der Waals surface area contributed by atoms with Crippen LogP contribution < -0.4 is 10.2 Å². The van der Waals surface area contributed by atoms with Gasteiger partial charge in [0.05, 0.1) is 5.69 Å². The molecule has 1 atom stereocenters. The van der Waals surface area contributed by atoms with Gasteiger partial charge in [0.15, 0.2) is 11.6 Å². The van der Waals surface area contributed by atoms with Crippen molar-refractivity contribution in [3.63, 3.8) is 0 Å². The Hall–Kier alpha value is -2.77. The maximum atomic E-state index is 13.5. The fourth-order valence-corrected chi connectivity index (χ4v) is 2.78. The molecule has 2 heterocycles. The molecule has 8 heteroatoms. The van der Waals surface area contributed by atoms with Gasteiger partial charge < -0.3 is 4.52 Å². The van der Waals surface area contributed by atoms with Crippen LogP contribution in [0.5, 0.6) is 0 Å². The Labute approximate surface area is 149 Å². The Bertz CT molecular complexity index is 858. The molecule has 6 nitrogen and oxygen atoms in total. The Morgan fingerprint density at radius 3 is 2.62 bits per heavy atom. The quantitative estimate of drug-likeness (QED) is 0.907. The summed E-state index contributed by atoms with van der Waals surface area (Å²) in [6.45, 7) is 5.87. The minimum absolute atomic E-state index is 0.138. The van der Waals surface area contributed by atoms with Gasteiger partial charge in [-0.25, -0.2) is 8.78 Å². The maximum absolute atomic E-state index is 13.5. The van der Waals surface area contributed by atoms with E-state index in [-0.39, 0.29) is 35.7 Å². The van der Waals surface area contributed by atoms with Crippen molar-refractivity contribution >= 4 is 23.4 Å². The van der Waals surface area contributed by atoms with E-state index in [0.717, 1.165) is 12.1 Å². The van der Waals surface area contributed by atoms with Crippen molar-refractivity contribution in [2.45, 2.75) is 45.1 Å². The zero-order valence-corrected chi connectivity index (χ0v) is 14.7. The third-order valence-corrected chi connectivity index (χ3v) is 4.22. The summed E-state index contributed by atoms with van der Waals surface area (Å²) in [6, 6.07) is 3.89. The van der Waals surface area contributed by atoms with E-state index in [1.165, 1.54) is 11.0 Å². The lowest BCUT2D eigenvalue weighted by atomic mass is 9.92. The van der Waals surface area contributed by atoms with Gasteiger partial charge in [-0.2, -0.15) is 0 Å². The first-order chi connectivity index (χ1) is 12.2. The van der Waals surface area contributed by atoms with Gasteiger partial charge in [0.25, 0.3) is 0 Å². The van der Waals surface area contributed by atoms with Crippen molar-refractivity contribution in [3.8, 4) is 0 Å². The fraction of sp³-hybridized carbons (Fsp3) is 0.389. The largest absolute Gasteiger partial charge is 0.338 e. The number of benzene rings is 1. The molecule has 2 amide bonds. The van der Waals surface area contributed by atoms with Crippen LogP contribution in [0.4, 0.5) is 20.4 Å². The summed E-state index contributed by atoms with van der Waals surface area (Å²) in [4.78, 5) is 25.9. The van der Waals surface area contributed by atoms with Crippen LogP contribution in [-0.4, -0.2) is 23.0 Å². The SMILES string of the molecule is CC(C)(C)c1cc(NC(=O)[C@@H]2CCC(=O)N2c2ccc(F)c(F)c2)on1. The second kappa shape index (κ2) is 6.51. The summed E-state index contributed by atoms with van der Waals surface area (Å²) < 4.78 is 31.8. The summed E-state index contributed by atoms with van der Waals surface area (Å²) in [6.07, 6.45) is 0.407. The summed E-state index contributed by atoms with van der Waals surface area (Å²) in [7, 11) is 0. The highest BCUT2D eigenvalue weighted by Crippen LogP contribution is 2.29. The summed E-state index contributed by atoms with van der Waals surface area (Å²) in [5, 5.41) is 6.51. The van der Waals surface area contributed by atoms with Gasteiger partial charge in [0.1, 0.15) is 6.04 Å². The molecule has 3 rings (SSSR count). The molecule has 2 aromatic rings. The molecule has 0 spiro atoms. The van der Waals surface area contributed by atoms with Crippen LogP contribution in [0.1, 0.15) is 39.3 Å². The number of nitrogens with zero attached hydrogens (tertiary/aromatic N) is 2. The number of hydrogen-bond donors (Lipinski definition) is 1. The van der Waals surface area contributed by atoms with E-state index >= 15 is 0 Å². The van der Waals surface area contributed by atoms with Crippen molar-refractivity contribution in [1.82, 2.24) is 5.16 Å². The molecular weight excluding hydrogens is 344 g/mol. The molecule has 0 unspecified atom stereocenters. The van der Waals surface area contributed by atoms with Crippen LogP contribution in [0.15, 0.2) is 28.8 Å². The average molecular weight is 363 g/mol. The summed E-state index contributed by atoms with van der Waals surface area (Å²) in [5.74, 6) is -2.73. The molecular formula is C18H19F2N3O3. The van der Waals surface area contributed by atoms with Gasteiger partial charge >= 0.3 is 0 Å². The molecule has 138 valence electrons. The predicted octanol–water partition coefficient (Wildman–Crippen LogP) is 3.38. The van der Waals surface area contributed by atoms with E-state index in [9.17, 15) is 18.4 Å². The first-order valence-electron chi connectivity index (χ1n) is 8.22. The molecule has 0 radical (unpaired) electrons. The number of amides is 2. The topological polar surface area (TPSA) is 75.4 Å². The van der Waals surface area contributed by atoms with Crippen LogP contribution in [-0.2, 0) is 15.0 Å². The third-order valence-electron chi connectivity index (χ3n) is 4.22. The summed E-state index contributed by atoms with van der Waals surface area (Å²) in [5.41, 5.74) is 0.570. The molecule has 0 saturated carbocycles. The van der Waals surface area contributed by atoms with E-state index in [0.29, 0.717) is 5.69 Å². The smallest absolute Gasteiger partial charge is 0.249 e. The molecule has 0 bridgehead atoms. The van der Waals surface area contributed by atoms with Crippen molar-refractivity contribution in [3.05, 3.63) is 41.6 Å². The number of nitrogens with one attached hydrogen (secondary N) is 1. The highest BCUT2D eigenvalue weighted by Gasteiger charge is 2.38. The third kappa shape index (κ3) is 3.44. The number of carbonyl (C=O) groups is 2. The van der Waals surface area contributed by atoms with Crippen LogP contribution in [0.25, 0.3) is 0 Å². The van der Waals surface area contributed by atoms with Gasteiger partial charge in [-0.3, -0.25) is 19.8 Å². The fourth-order valence-electron chi connectivity index (χ4n) is 2.78. The standard InChI is InChI=1S/C18H19F2N3O3/c1-18(2,3)14-9-15(26-22-14)21-17(25)13-6-7-16(24)23(13)10-4-5-11(19)12(20)8-10/h4-5,8-9,13H,6-7H2,1-3H3,(H,21,25)/t13-/m0/s1. The van der Waals surface area contributed by atoms with Crippen LogP contribution in [0.3, 0.4) is 0 Å². The van der Waals surface area contributed by atoms with Crippen molar-refractivity contribution in [2.75, 3.05) is 10.2 Å². The lowest BCUT2D eigenvalue weighted by Crippen LogP contribution is -2.41. The minimum atomic E-state index is -1.08. The Balaban J connectivity index is 1.80. The molecule has 1 aromatic heterocycles. The highest BCUT2D eigenvalue weighted by atomic mass is 19.2. The normalized spacial score (nSPS) is 17.7. The lowest BCUT2D eigenvalue weighted by molar-refractivity contribution is -0.120. The Morgan fingerprint density at radius 2 is 2.00 bits per heavy atom. The summed E-state index contributed by atoms with van der Waals surface area (Å²) >= 11 is 0. The number of rotatable bonds is 3. The Morgan fingerprint density at radius 1 is 1.27 bits per heavy atom. The van der Waals surface area contributed by atoms with Crippen LogP contribution >= 0.6 is 0 Å².